The van der Waals surface area contributed by atoms with Crippen molar-refractivity contribution in [1.82, 2.24) is 0 Å². The Bertz CT molecular complexity index is 1380. The first kappa shape index (κ1) is 19.8. The van der Waals surface area contributed by atoms with Crippen molar-refractivity contribution >= 4 is 28.3 Å². The molecule has 0 spiro atoms. The molecule has 0 saturated carbocycles. The van der Waals surface area contributed by atoms with Crippen molar-refractivity contribution in [3.63, 3.8) is 0 Å². The van der Waals surface area contributed by atoms with E-state index in [-0.39, 0.29) is 11.3 Å². The Morgan fingerprint density at radius 1 is 0.906 bits per heavy atom. The summed E-state index contributed by atoms with van der Waals surface area (Å²) in [5.41, 5.74) is 3.78. The summed E-state index contributed by atoms with van der Waals surface area (Å²) in [5, 5.41) is 11.7. The van der Waals surface area contributed by atoms with Crippen LogP contribution in [-0.2, 0) is 4.79 Å². The number of amides is 1. The zero-order valence-electron chi connectivity index (χ0n) is 17.7. The Kier molecular flexibility index (Phi) is 4.67. The molecule has 5 rings (SSSR count). The molecule has 0 bridgehead atoms. The lowest BCUT2D eigenvalue weighted by molar-refractivity contribution is -0.117. The van der Waals surface area contributed by atoms with Gasteiger partial charge in [-0.3, -0.25) is 14.5 Å². The molecule has 1 amide bonds. The number of fused-ring (bicyclic) bond motifs is 1. The second kappa shape index (κ2) is 7.54. The zero-order chi connectivity index (χ0) is 22.4. The van der Waals surface area contributed by atoms with Crippen LogP contribution in [0.15, 0.2) is 94.6 Å². The SMILES string of the molecule is Cc1ccccc1C1C(C(=O)c2cc3ccccc3o2)=C(O)C(=O)N1c1ccccc1C. The Balaban J connectivity index is 1.70. The number of benzene rings is 3. The summed E-state index contributed by atoms with van der Waals surface area (Å²) in [6, 6.07) is 23.2. The molecular formula is C27H21NO4. The first-order valence-electron chi connectivity index (χ1n) is 10.4. The number of nitrogens with zero attached hydrogens (tertiary/aromatic N) is 1. The fourth-order valence-corrected chi connectivity index (χ4v) is 4.33. The molecule has 0 saturated heterocycles. The van der Waals surface area contributed by atoms with Crippen LogP contribution in [0.25, 0.3) is 11.0 Å². The van der Waals surface area contributed by atoms with Gasteiger partial charge in [-0.25, -0.2) is 0 Å². The molecular weight excluding hydrogens is 402 g/mol. The molecule has 1 N–H and O–H groups in total. The maximum absolute atomic E-state index is 13.6. The van der Waals surface area contributed by atoms with Crippen molar-refractivity contribution in [3.05, 3.63) is 113 Å². The molecule has 5 nitrogen and oxygen atoms in total. The highest BCUT2D eigenvalue weighted by atomic mass is 16.3. The molecule has 1 atom stereocenters. The number of hydrogen-bond donors (Lipinski definition) is 1. The molecule has 2 heterocycles. The highest BCUT2D eigenvalue weighted by Gasteiger charge is 2.46. The van der Waals surface area contributed by atoms with Crippen LogP contribution in [0.5, 0.6) is 0 Å². The highest BCUT2D eigenvalue weighted by molar-refractivity contribution is 6.20. The minimum atomic E-state index is -0.773. The third-order valence-corrected chi connectivity index (χ3v) is 5.96. The minimum absolute atomic E-state index is 0.0200. The quantitative estimate of drug-likeness (QED) is 0.419. The van der Waals surface area contributed by atoms with Gasteiger partial charge in [-0.1, -0.05) is 60.7 Å². The lowest BCUT2D eigenvalue weighted by Crippen LogP contribution is -2.32. The molecule has 1 unspecified atom stereocenters. The van der Waals surface area contributed by atoms with Gasteiger partial charge < -0.3 is 9.52 Å². The largest absolute Gasteiger partial charge is 0.503 e. The van der Waals surface area contributed by atoms with Crippen LogP contribution in [0.4, 0.5) is 5.69 Å². The van der Waals surface area contributed by atoms with E-state index in [1.165, 1.54) is 4.90 Å². The first-order chi connectivity index (χ1) is 15.5. The molecule has 5 heteroatoms. The Morgan fingerprint density at radius 2 is 1.56 bits per heavy atom. The first-order valence-corrected chi connectivity index (χ1v) is 10.4. The number of rotatable bonds is 4. The Morgan fingerprint density at radius 3 is 2.28 bits per heavy atom. The van der Waals surface area contributed by atoms with Gasteiger partial charge in [0.05, 0.1) is 11.6 Å². The van der Waals surface area contributed by atoms with Gasteiger partial charge in [0.1, 0.15) is 5.58 Å². The average Bonchev–Trinajstić information content (AvgIpc) is 3.34. The molecule has 1 aliphatic rings. The molecule has 0 aliphatic carbocycles. The maximum atomic E-state index is 13.6. The summed E-state index contributed by atoms with van der Waals surface area (Å²) < 4.78 is 5.78. The molecule has 3 aromatic carbocycles. The predicted octanol–water partition coefficient (Wildman–Crippen LogP) is 5.83. The van der Waals surface area contributed by atoms with Crippen LogP contribution in [0.2, 0.25) is 0 Å². The molecule has 0 radical (unpaired) electrons. The molecule has 1 aromatic heterocycles. The second-order valence-corrected chi connectivity index (χ2v) is 7.96. The van der Waals surface area contributed by atoms with Crippen molar-refractivity contribution in [2.75, 3.05) is 4.90 Å². The van der Waals surface area contributed by atoms with E-state index < -0.39 is 23.5 Å². The van der Waals surface area contributed by atoms with Gasteiger partial charge in [0.25, 0.3) is 5.91 Å². The van der Waals surface area contributed by atoms with Gasteiger partial charge >= 0.3 is 0 Å². The van der Waals surface area contributed by atoms with E-state index in [1.54, 1.807) is 12.1 Å². The predicted molar refractivity (Wildman–Crippen MR) is 123 cm³/mol. The number of furan rings is 1. The van der Waals surface area contributed by atoms with Gasteiger partial charge in [-0.2, -0.15) is 0 Å². The number of carbonyl (C=O) groups is 2. The summed E-state index contributed by atoms with van der Waals surface area (Å²) in [4.78, 5) is 28.4. The van der Waals surface area contributed by atoms with Crippen LogP contribution >= 0.6 is 0 Å². The van der Waals surface area contributed by atoms with Crippen LogP contribution < -0.4 is 4.90 Å². The van der Waals surface area contributed by atoms with Crippen molar-refractivity contribution in [3.8, 4) is 0 Å². The van der Waals surface area contributed by atoms with Crippen LogP contribution in [-0.4, -0.2) is 16.8 Å². The summed E-state index contributed by atoms with van der Waals surface area (Å²) in [6.07, 6.45) is 0. The number of anilines is 1. The molecule has 4 aromatic rings. The van der Waals surface area contributed by atoms with Gasteiger partial charge in [0, 0.05) is 11.1 Å². The van der Waals surface area contributed by atoms with E-state index in [0.29, 0.717) is 11.3 Å². The van der Waals surface area contributed by atoms with Crippen molar-refractivity contribution in [2.24, 2.45) is 0 Å². The number of aliphatic hydroxyl groups excluding tert-OH is 1. The summed E-state index contributed by atoms with van der Waals surface area (Å²) >= 11 is 0. The van der Waals surface area contributed by atoms with E-state index in [4.69, 9.17) is 4.42 Å². The third-order valence-electron chi connectivity index (χ3n) is 5.96. The Hall–Kier alpha value is -4.12. The van der Waals surface area contributed by atoms with Crippen molar-refractivity contribution in [2.45, 2.75) is 19.9 Å². The van der Waals surface area contributed by atoms with Gasteiger partial charge in [0.2, 0.25) is 5.78 Å². The fourth-order valence-electron chi connectivity index (χ4n) is 4.33. The summed E-state index contributed by atoms with van der Waals surface area (Å²) in [6.45, 7) is 3.82. The van der Waals surface area contributed by atoms with E-state index >= 15 is 0 Å². The number of carbonyl (C=O) groups excluding carboxylic acids is 2. The van der Waals surface area contributed by atoms with Gasteiger partial charge in [0.15, 0.2) is 11.5 Å². The molecule has 1 aliphatic heterocycles. The molecule has 0 fully saturated rings. The van der Waals surface area contributed by atoms with E-state index in [1.807, 2.05) is 80.6 Å². The number of Topliss-reactive ketones (excluding diaryl/α,β-unsaturated/α-hetero) is 1. The summed E-state index contributed by atoms with van der Waals surface area (Å²) in [5.74, 6) is -1.57. The lowest BCUT2D eigenvalue weighted by Gasteiger charge is -2.29. The fraction of sp³-hybridized carbons (Fsp3) is 0.111. The molecule has 32 heavy (non-hydrogen) atoms. The van der Waals surface area contributed by atoms with Crippen LogP contribution in [0.3, 0.4) is 0 Å². The number of para-hydroxylation sites is 2. The van der Waals surface area contributed by atoms with E-state index in [9.17, 15) is 14.7 Å². The molecule has 158 valence electrons. The normalized spacial score (nSPS) is 16.2. The van der Waals surface area contributed by atoms with E-state index in [0.717, 1.165) is 22.1 Å². The van der Waals surface area contributed by atoms with Crippen LogP contribution in [0, 0.1) is 13.8 Å². The smallest absolute Gasteiger partial charge is 0.294 e. The number of ketones is 1. The second-order valence-electron chi connectivity index (χ2n) is 7.96. The monoisotopic (exact) mass is 423 g/mol. The number of hydrogen-bond acceptors (Lipinski definition) is 4. The van der Waals surface area contributed by atoms with Crippen molar-refractivity contribution in [1.29, 1.82) is 0 Å². The summed E-state index contributed by atoms with van der Waals surface area (Å²) in [7, 11) is 0. The number of aliphatic hydroxyl groups is 1. The Labute approximate surface area is 185 Å². The number of aryl methyl sites for hydroxylation is 2. The maximum Gasteiger partial charge on any atom is 0.294 e. The van der Waals surface area contributed by atoms with Crippen LogP contribution in [0.1, 0.15) is 33.3 Å². The third kappa shape index (κ3) is 3.02. The van der Waals surface area contributed by atoms with E-state index in [2.05, 4.69) is 0 Å². The minimum Gasteiger partial charge on any atom is -0.503 e. The topological polar surface area (TPSA) is 70.7 Å². The average molecular weight is 423 g/mol. The standard InChI is InChI=1S/C27H21NO4/c1-16-9-3-6-12-19(16)24-23(25(29)22-15-18-11-5-8-14-21(18)32-22)26(30)27(31)28(24)20-13-7-4-10-17(20)2/h3-15,24,30H,1-2H3. The zero-order valence-corrected chi connectivity index (χ0v) is 17.7. The van der Waals surface area contributed by atoms with Gasteiger partial charge in [-0.15, -0.1) is 0 Å². The lowest BCUT2D eigenvalue weighted by atomic mass is 9.91. The van der Waals surface area contributed by atoms with Gasteiger partial charge in [-0.05, 0) is 48.7 Å². The highest BCUT2D eigenvalue weighted by Crippen LogP contribution is 2.44. The van der Waals surface area contributed by atoms with Crippen molar-refractivity contribution < 1.29 is 19.1 Å².